The largest absolute Gasteiger partial charge is 0.469 e. The highest BCUT2D eigenvalue weighted by atomic mass is 16.5. The lowest BCUT2D eigenvalue weighted by Crippen LogP contribution is -2.34. The molecular weight excluding hydrogens is 312 g/mol. The summed E-state index contributed by atoms with van der Waals surface area (Å²) in [6, 6.07) is 6.52. The van der Waals surface area contributed by atoms with Gasteiger partial charge in [0.25, 0.3) is 0 Å². The number of methoxy groups -OCH3 is 2. The van der Waals surface area contributed by atoms with Crippen LogP contribution in [0.15, 0.2) is 24.3 Å². The molecule has 0 amide bonds. The molecule has 2 N–H and O–H groups in total. The van der Waals surface area contributed by atoms with Gasteiger partial charge in [0.2, 0.25) is 0 Å². The van der Waals surface area contributed by atoms with Crippen LogP contribution in [0.3, 0.4) is 0 Å². The summed E-state index contributed by atoms with van der Waals surface area (Å²) in [6.45, 7) is 6.30. The van der Waals surface area contributed by atoms with E-state index in [0.29, 0.717) is 11.1 Å². The lowest BCUT2D eigenvalue weighted by Gasteiger charge is -2.30. The first-order chi connectivity index (χ1) is 11.0. The van der Waals surface area contributed by atoms with Gasteiger partial charge in [0.1, 0.15) is 0 Å². The zero-order valence-electron chi connectivity index (χ0n) is 15.0. The summed E-state index contributed by atoms with van der Waals surface area (Å²) in [7, 11) is 2.52. The van der Waals surface area contributed by atoms with E-state index in [0.717, 1.165) is 0 Å². The van der Waals surface area contributed by atoms with Crippen molar-refractivity contribution in [3.8, 4) is 0 Å². The van der Waals surface area contributed by atoms with Crippen LogP contribution in [-0.4, -0.2) is 36.4 Å². The average molecular weight is 338 g/mol. The first-order valence-corrected chi connectivity index (χ1v) is 7.63. The van der Waals surface area contributed by atoms with Crippen LogP contribution in [0.4, 0.5) is 0 Å². The number of carbonyl (C=O) groups excluding carboxylic acids is 2. The molecule has 0 aliphatic heterocycles. The molecule has 6 nitrogen and oxygen atoms in total. The molecule has 0 aliphatic rings. The second-order valence-electron chi connectivity index (χ2n) is 6.90. The number of ether oxygens (including phenoxy) is 2. The summed E-state index contributed by atoms with van der Waals surface area (Å²) in [6.07, 6.45) is -2.25. The molecule has 0 aromatic heterocycles. The Morgan fingerprint density at radius 1 is 0.875 bits per heavy atom. The van der Waals surface area contributed by atoms with Gasteiger partial charge >= 0.3 is 11.9 Å². The van der Waals surface area contributed by atoms with Gasteiger partial charge in [-0.2, -0.15) is 0 Å². The number of aliphatic hydroxyl groups excluding tert-OH is 2. The second kappa shape index (κ2) is 7.32. The van der Waals surface area contributed by atoms with E-state index in [1.807, 2.05) is 0 Å². The molecule has 0 spiro atoms. The summed E-state index contributed by atoms with van der Waals surface area (Å²) in [5.41, 5.74) is -1.42. The Morgan fingerprint density at radius 3 is 1.50 bits per heavy atom. The minimum Gasteiger partial charge on any atom is -0.469 e. The Kier molecular flexibility index (Phi) is 6.14. The second-order valence-corrected chi connectivity index (χ2v) is 6.90. The van der Waals surface area contributed by atoms with Gasteiger partial charge in [-0.1, -0.05) is 24.3 Å². The first kappa shape index (κ1) is 20.1. The number of esters is 2. The summed E-state index contributed by atoms with van der Waals surface area (Å²) >= 11 is 0. The molecule has 0 saturated carbocycles. The Balaban J connectivity index is 3.19. The number of rotatable bonds is 6. The van der Waals surface area contributed by atoms with Gasteiger partial charge in [-0.15, -0.1) is 0 Å². The zero-order chi connectivity index (χ0) is 18.7. The summed E-state index contributed by atoms with van der Waals surface area (Å²) < 4.78 is 9.45. The average Bonchev–Trinajstić information content (AvgIpc) is 2.58. The predicted molar refractivity (Wildman–Crippen MR) is 88.0 cm³/mol. The number of hydrogen-bond donors (Lipinski definition) is 2. The van der Waals surface area contributed by atoms with Gasteiger partial charge < -0.3 is 19.7 Å². The number of benzene rings is 1. The summed E-state index contributed by atoms with van der Waals surface area (Å²) in [5, 5.41) is 21.1. The fourth-order valence-corrected chi connectivity index (χ4v) is 2.48. The lowest BCUT2D eigenvalue weighted by molar-refractivity contribution is -0.158. The van der Waals surface area contributed by atoms with Crippen molar-refractivity contribution < 1.29 is 29.3 Å². The van der Waals surface area contributed by atoms with E-state index in [-0.39, 0.29) is 0 Å². The SMILES string of the molecule is COC(=O)C(C)(C)C(O)c1cccc(C(O)C(C)(C)C(=O)OC)c1. The van der Waals surface area contributed by atoms with E-state index >= 15 is 0 Å². The predicted octanol–water partition coefficient (Wildman–Crippen LogP) is 2.15. The van der Waals surface area contributed by atoms with Crippen molar-refractivity contribution in [1.82, 2.24) is 0 Å². The standard InChI is InChI=1S/C18H26O6/c1-17(2,15(21)23-5)13(19)11-8-7-9-12(10-11)14(20)18(3,4)16(22)24-6/h7-10,13-14,19-20H,1-6H3. The van der Waals surface area contributed by atoms with E-state index in [1.165, 1.54) is 14.2 Å². The smallest absolute Gasteiger partial charge is 0.314 e. The summed E-state index contributed by atoms with van der Waals surface area (Å²) in [5.74, 6) is -1.09. The van der Waals surface area contributed by atoms with E-state index in [4.69, 9.17) is 9.47 Å². The third-order valence-electron chi connectivity index (χ3n) is 4.33. The molecular formula is C18H26O6. The van der Waals surface area contributed by atoms with Crippen molar-refractivity contribution in [3.63, 3.8) is 0 Å². The molecule has 24 heavy (non-hydrogen) atoms. The van der Waals surface area contributed by atoms with Gasteiger partial charge in [-0.25, -0.2) is 0 Å². The molecule has 0 saturated heterocycles. The Hall–Kier alpha value is -1.92. The van der Waals surface area contributed by atoms with Crippen LogP contribution in [0.5, 0.6) is 0 Å². The number of hydrogen-bond acceptors (Lipinski definition) is 6. The van der Waals surface area contributed by atoms with E-state index in [2.05, 4.69) is 0 Å². The van der Waals surface area contributed by atoms with Crippen molar-refractivity contribution in [3.05, 3.63) is 35.4 Å². The van der Waals surface area contributed by atoms with Gasteiger partial charge in [-0.05, 0) is 38.8 Å². The topological polar surface area (TPSA) is 93.1 Å². The van der Waals surface area contributed by atoms with Crippen molar-refractivity contribution >= 4 is 11.9 Å². The van der Waals surface area contributed by atoms with Gasteiger partial charge in [0.15, 0.2) is 0 Å². The van der Waals surface area contributed by atoms with Crippen LogP contribution in [0.2, 0.25) is 0 Å². The third-order valence-corrected chi connectivity index (χ3v) is 4.33. The van der Waals surface area contributed by atoms with E-state index < -0.39 is 35.0 Å². The highest BCUT2D eigenvalue weighted by Gasteiger charge is 2.40. The molecule has 0 radical (unpaired) electrons. The molecule has 1 aromatic rings. The molecule has 2 unspecified atom stereocenters. The van der Waals surface area contributed by atoms with Crippen molar-refractivity contribution in [2.75, 3.05) is 14.2 Å². The third kappa shape index (κ3) is 3.76. The molecule has 0 aliphatic carbocycles. The van der Waals surface area contributed by atoms with Gasteiger partial charge in [0, 0.05) is 0 Å². The van der Waals surface area contributed by atoms with Crippen LogP contribution in [0.1, 0.15) is 51.0 Å². The highest BCUT2D eigenvalue weighted by molar-refractivity contribution is 5.77. The number of carbonyl (C=O) groups is 2. The molecule has 1 rings (SSSR count). The lowest BCUT2D eigenvalue weighted by atomic mass is 9.79. The van der Waals surface area contributed by atoms with Crippen molar-refractivity contribution in [2.24, 2.45) is 10.8 Å². The molecule has 134 valence electrons. The van der Waals surface area contributed by atoms with E-state index in [9.17, 15) is 19.8 Å². The van der Waals surface area contributed by atoms with Crippen LogP contribution < -0.4 is 0 Å². The maximum Gasteiger partial charge on any atom is 0.314 e. The monoisotopic (exact) mass is 338 g/mol. The minimum atomic E-state index is -1.16. The zero-order valence-corrected chi connectivity index (χ0v) is 15.0. The molecule has 0 heterocycles. The minimum absolute atomic E-state index is 0.447. The van der Waals surface area contributed by atoms with Crippen LogP contribution in [-0.2, 0) is 19.1 Å². The highest BCUT2D eigenvalue weighted by Crippen LogP contribution is 2.38. The van der Waals surface area contributed by atoms with E-state index in [1.54, 1.807) is 52.0 Å². The molecule has 2 atom stereocenters. The maximum atomic E-state index is 11.9. The maximum absolute atomic E-state index is 11.9. The molecule has 0 bridgehead atoms. The van der Waals surface area contributed by atoms with Crippen molar-refractivity contribution in [1.29, 1.82) is 0 Å². The molecule has 6 heteroatoms. The Bertz CT molecular complexity index is 556. The number of aliphatic hydroxyl groups is 2. The Morgan fingerprint density at radius 2 is 1.21 bits per heavy atom. The summed E-state index contributed by atoms with van der Waals surface area (Å²) in [4.78, 5) is 23.7. The molecule has 1 aromatic carbocycles. The molecule has 0 fully saturated rings. The van der Waals surface area contributed by atoms with Crippen molar-refractivity contribution in [2.45, 2.75) is 39.9 Å². The fourth-order valence-electron chi connectivity index (χ4n) is 2.48. The first-order valence-electron chi connectivity index (χ1n) is 7.63. The fraction of sp³-hybridized carbons (Fsp3) is 0.556. The normalized spacial score (nSPS) is 14.7. The van der Waals surface area contributed by atoms with Gasteiger partial charge in [0.05, 0.1) is 37.3 Å². The van der Waals surface area contributed by atoms with Gasteiger partial charge in [-0.3, -0.25) is 9.59 Å². The van der Waals surface area contributed by atoms with Crippen LogP contribution in [0, 0.1) is 10.8 Å². The van der Waals surface area contributed by atoms with Crippen LogP contribution in [0.25, 0.3) is 0 Å². The van der Waals surface area contributed by atoms with Crippen LogP contribution >= 0.6 is 0 Å². The quantitative estimate of drug-likeness (QED) is 0.772. The Labute approximate surface area is 142 Å².